The van der Waals surface area contributed by atoms with Gasteiger partial charge in [0.05, 0.1) is 11.5 Å². The molecule has 0 aliphatic heterocycles. The predicted molar refractivity (Wildman–Crippen MR) is 79.0 cm³/mol. The third kappa shape index (κ3) is 1.80. The summed E-state index contributed by atoms with van der Waals surface area (Å²) in [6.45, 7) is 2.20. The van der Waals surface area contributed by atoms with Gasteiger partial charge >= 0.3 is 0 Å². The quantitative estimate of drug-likeness (QED) is 0.884. The lowest BCUT2D eigenvalue weighted by Crippen LogP contribution is -2.46. The van der Waals surface area contributed by atoms with Crippen molar-refractivity contribution >= 4 is 0 Å². The summed E-state index contributed by atoms with van der Waals surface area (Å²) in [5, 5.41) is 21.3. The number of benzene rings is 1. The molecule has 1 N–H and O–H groups in total. The van der Waals surface area contributed by atoms with Crippen molar-refractivity contribution in [2.75, 3.05) is 0 Å². The summed E-state index contributed by atoms with van der Waals surface area (Å²) >= 11 is 0. The van der Waals surface area contributed by atoms with E-state index in [1.54, 1.807) is 0 Å². The lowest BCUT2D eigenvalue weighted by atomic mass is 9.59. The van der Waals surface area contributed by atoms with Crippen LogP contribution in [0.4, 0.5) is 0 Å². The van der Waals surface area contributed by atoms with Crippen LogP contribution in [0, 0.1) is 22.7 Å². The first kappa shape index (κ1) is 13.6. The molecule has 106 valence electrons. The molecule has 2 aliphatic carbocycles. The molecule has 2 heteroatoms. The van der Waals surface area contributed by atoms with Crippen molar-refractivity contribution in [3.8, 4) is 6.07 Å². The first-order valence-electron chi connectivity index (χ1n) is 7.87. The number of nitrogens with zero attached hydrogens (tertiary/aromatic N) is 1. The Morgan fingerprint density at radius 3 is 2.90 bits per heavy atom. The van der Waals surface area contributed by atoms with Gasteiger partial charge in [0.2, 0.25) is 0 Å². The highest BCUT2D eigenvalue weighted by molar-refractivity contribution is 5.41. The molecule has 0 bridgehead atoms. The maximum absolute atomic E-state index is 11.4. The predicted octanol–water partition coefficient (Wildman–Crippen LogP) is 3.93. The maximum Gasteiger partial charge on any atom is 0.109 e. The normalized spacial score (nSPS) is 36.4. The Labute approximate surface area is 121 Å². The van der Waals surface area contributed by atoms with Gasteiger partial charge in [0.25, 0.3) is 0 Å². The van der Waals surface area contributed by atoms with Gasteiger partial charge in [-0.2, -0.15) is 5.26 Å². The van der Waals surface area contributed by atoms with Gasteiger partial charge in [-0.25, -0.2) is 0 Å². The SMILES string of the molecule is CCC1CCCC(C#N)(C2(O)CCc3ccccc32)C1. The molecule has 2 nitrogen and oxygen atoms in total. The summed E-state index contributed by atoms with van der Waals surface area (Å²) < 4.78 is 0. The number of aryl methyl sites for hydroxylation is 1. The van der Waals surface area contributed by atoms with Gasteiger partial charge in [0.1, 0.15) is 5.60 Å². The van der Waals surface area contributed by atoms with Crippen LogP contribution in [0.1, 0.15) is 56.6 Å². The number of rotatable bonds is 2. The Morgan fingerprint density at radius 1 is 1.35 bits per heavy atom. The van der Waals surface area contributed by atoms with Crippen LogP contribution in [-0.2, 0) is 12.0 Å². The lowest BCUT2D eigenvalue weighted by molar-refractivity contribution is -0.0870. The van der Waals surface area contributed by atoms with E-state index >= 15 is 0 Å². The van der Waals surface area contributed by atoms with E-state index < -0.39 is 11.0 Å². The molecule has 1 aromatic rings. The van der Waals surface area contributed by atoms with Gasteiger partial charge in [-0.1, -0.05) is 50.5 Å². The van der Waals surface area contributed by atoms with Crippen molar-refractivity contribution < 1.29 is 5.11 Å². The number of nitriles is 1. The van der Waals surface area contributed by atoms with E-state index in [2.05, 4.69) is 19.1 Å². The molecule has 0 saturated heterocycles. The number of aliphatic hydroxyl groups is 1. The maximum atomic E-state index is 11.4. The number of hydrogen-bond donors (Lipinski definition) is 1. The Morgan fingerprint density at radius 2 is 2.15 bits per heavy atom. The molecule has 0 amide bonds. The van der Waals surface area contributed by atoms with E-state index in [0.29, 0.717) is 12.3 Å². The Kier molecular flexibility index (Phi) is 3.34. The van der Waals surface area contributed by atoms with Crippen LogP contribution in [0.3, 0.4) is 0 Å². The number of hydrogen-bond acceptors (Lipinski definition) is 2. The van der Waals surface area contributed by atoms with Crippen LogP contribution < -0.4 is 0 Å². The van der Waals surface area contributed by atoms with Crippen molar-refractivity contribution in [1.82, 2.24) is 0 Å². The second kappa shape index (κ2) is 4.90. The molecule has 3 rings (SSSR count). The van der Waals surface area contributed by atoms with E-state index in [1.807, 2.05) is 18.2 Å². The molecule has 1 aromatic carbocycles. The van der Waals surface area contributed by atoms with Gasteiger partial charge in [0.15, 0.2) is 0 Å². The summed E-state index contributed by atoms with van der Waals surface area (Å²) in [4.78, 5) is 0. The van der Waals surface area contributed by atoms with Crippen LogP contribution in [0.15, 0.2) is 24.3 Å². The first-order valence-corrected chi connectivity index (χ1v) is 7.87. The smallest absolute Gasteiger partial charge is 0.109 e. The minimum atomic E-state index is -0.938. The second-order valence-electron chi connectivity index (χ2n) is 6.58. The van der Waals surface area contributed by atoms with Crippen LogP contribution in [0.25, 0.3) is 0 Å². The van der Waals surface area contributed by atoms with E-state index in [-0.39, 0.29) is 0 Å². The average molecular weight is 269 g/mol. The summed E-state index contributed by atoms with van der Waals surface area (Å²) in [5.41, 5.74) is 0.714. The molecule has 0 aromatic heterocycles. The fourth-order valence-electron chi connectivity index (χ4n) is 4.40. The second-order valence-corrected chi connectivity index (χ2v) is 6.58. The molecule has 20 heavy (non-hydrogen) atoms. The van der Waals surface area contributed by atoms with Crippen LogP contribution in [0.2, 0.25) is 0 Å². The van der Waals surface area contributed by atoms with Crippen molar-refractivity contribution in [3.05, 3.63) is 35.4 Å². The molecular formula is C18H23NO. The lowest BCUT2D eigenvalue weighted by Gasteiger charge is -2.45. The molecule has 2 aliphatic rings. The molecule has 0 spiro atoms. The van der Waals surface area contributed by atoms with Crippen LogP contribution in [0.5, 0.6) is 0 Å². The van der Waals surface area contributed by atoms with Crippen molar-refractivity contribution in [3.63, 3.8) is 0 Å². The first-order chi connectivity index (χ1) is 9.65. The minimum absolute atomic E-state index is 0.584. The van der Waals surface area contributed by atoms with Gasteiger partial charge < -0.3 is 5.11 Å². The van der Waals surface area contributed by atoms with E-state index in [4.69, 9.17) is 0 Å². The monoisotopic (exact) mass is 269 g/mol. The summed E-state index contributed by atoms with van der Waals surface area (Å²) in [5.74, 6) is 0.584. The van der Waals surface area contributed by atoms with E-state index in [1.165, 1.54) is 12.0 Å². The minimum Gasteiger partial charge on any atom is -0.383 e. The molecule has 1 fully saturated rings. The van der Waals surface area contributed by atoms with Crippen molar-refractivity contribution in [2.45, 2.75) is 57.5 Å². The summed E-state index contributed by atoms with van der Waals surface area (Å²) in [6, 6.07) is 10.7. The van der Waals surface area contributed by atoms with Crippen LogP contribution in [-0.4, -0.2) is 5.11 Å². The standard InChI is InChI=1S/C18H23NO/c1-2-14-6-5-10-17(12-14,13-19)18(20)11-9-15-7-3-4-8-16(15)18/h3-4,7-8,14,20H,2,5-6,9-12H2,1H3. The van der Waals surface area contributed by atoms with Gasteiger partial charge in [-0.05, 0) is 42.7 Å². The average Bonchev–Trinajstić information content (AvgIpc) is 2.87. The zero-order valence-corrected chi connectivity index (χ0v) is 12.2. The Hall–Kier alpha value is -1.33. The topological polar surface area (TPSA) is 44.0 Å². The van der Waals surface area contributed by atoms with Crippen molar-refractivity contribution in [2.24, 2.45) is 11.3 Å². The molecule has 3 unspecified atom stereocenters. The van der Waals surface area contributed by atoms with Crippen molar-refractivity contribution in [1.29, 1.82) is 5.26 Å². The third-order valence-corrected chi connectivity index (χ3v) is 5.66. The largest absolute Gasteiger partial charge is 0.383 e. The molecule has 0 radical (unpaired) electrons. The zero-order valence-electron chi connectivity index (χ0n) is 12.2. The highest BCUT2D eigenvalue weighted by atomic mass is 16.3. The van der Waals surface area contributed by atoms with Gasteiger partial charge in [0, 0.05) is 0 Å². The molecule has 1 saturated carbocycles. The fourth-order valence-corrected chi connectivity index (χ4v) is 4.40. The van der Waals surface area contributed by atoms with Gasteiger partial charge in [-0.15, -0.1) is 0 Å². The fraction of sp³-hybridized carbons (Fsp3) is 0.611. The van der Waals surface area contributed by atoms with E-state index in [9.17, 15) is 10.4 Å². The highest BCUT2D eigenvalue weighted by Crippen LogP contribution is 2.56. The third-order valence-electron chi connectivity index (χ3n) is 5.66. The zero-order chi connectivity index (χ0) is 14.2. The van der Waals surface area contributed by atoms with Crippen LogP contribution >= 0.6 is 0 Å². The highest BCUT2D eigenvalue weighted by Gasteiger charge is 2.56. The summed E-state index contributed by atoms with van der Waals surface area (Å²) in [6.07, 6.45) is 6.67. The van der Waals surface area contributed by atoms with Gasteiger partial charge in [-0.3, -0.25) is 0 Å². The molecule has 3 atom stereocenters. The Bertz CT molecular complexity index is 547. The van der Waals surface area contributed by atoms with E-state index in [0.717, 1.165) is 37.7 Å². The Balaban J connectivity index is 2.04. The summed E-state index contributed by atoms with van der Waals surface area (Å²) in [7, 11) is 0. The molecule has 0 heterocycles. The number of fused-ring (bicyclic) bond motifs is 1. The molecular weight excluding hydrogens is 246 g/mol.